The minimum atomic E-state index is -1.11. The third kappa shape index (κ3) is 3.60. The molecule has 0 aliphatic heterocycles. The Balaban J connectivity index is 1.74. The molecule has 0 radical (unpaired) electrons. The van der Waals surface area contributed by atoms with E-state index in [0.29, 0.717) is 11.0 Å². The summed E-state index contributed by atoms with van der Waals surface area (Å²) in [5.41, 5.74) is 1.15. The second-order valence-corrected chi connectivity index (χ2v) is 5.25. The Bertz CT molecular complexity index is 940. The van der Waals surface area contributed by atoms with Crippen LogP contribution in [0.5, 0.6) is 0 Å². The summed E-state index contributed by atoms with van der Waals surface area (Å²) in [6.07, 6.45) is 1.87. The molecule has 2 aromatic carbocycles. The minimum Gasteiger partial charge on any atom is -0.449 e. The first-order valence-corrected chi connectivity index (χ1v) is 7.52. The predicted octanol–water partition coefficient (Wildman–Crippen LogP) is 2.95. The highest BCUT2D eigenvalue weighted by molar-refractivity contribution is 6.03. The smallest absolute Gasteiger partial charge is 0.341 e. The fraction of sp³-hybridized carbons (Fsp3) is 0.111. The van der Waals surface area contributed by atoms with E-state index in [1.54, 1.807) is 24.3 Å². The van der Waals surface area contributed by atoms with E-state index < -0.39 is 23.8 Å². The van der Waals surface area contributed by atoms with E-state index in [-0.39, 0.29) is 11.3 Å². The van der Waals surface area contributed by atoms with Gasteiger partial charge in [-0.15, -0.1) is 0 Å². The van der Waals surface area contributed by atoms with E-state index in [1.165, 1.54) is 37.5 Å². The topological polar surface area (TPSA) is 81.2 Å². The summed E-state index contributed by atoms with van der Waals surface area (Å²) >= 11 is 0. The molecule has 1 aromatic heterocycles. The van der Waals surface area contributed by atoms with Crippen molar-refractivity contribution in [1.82, 2.24) is 9.97 Å². The number of fused-ring (bicyclic) bond motifs is 1. The minimum absolute atomic E-state index is 0.0198. The number of aromatic nitrogens is 2. The van der Waals surface area contributed by atoms with Crippen molar-refractivity contribution in [3.05, 3.63) is 66.2 Å². The van der Waals surface area contributed by atoms with Crippen LogP contribution in [0.2, 0.25) is 0 Å². The van der Waals surface area contributed by atoms with Crippen molar-refractivity contribution in [2.45, 2.75) is 13.0 Å². The number of esters is 1. The van der Waals surface area contributed by atoms with Gasteiger partial charge in [0.15, 0.2) is 6.10 Å². The van der Waals surface area contributed by atoms with Crippen LogP contribution < -0.4 is 5.32 Å². The second-order valence-electron chi connectivity index (χ2n) is 5.25. The van der Waals surface area contributed by atoms with Gasteiger partial charge in [-0.1, -0.05) is 18.2 Å². The first-order chi connectivity index (χ1) is 12.1. The van der Waals surface area contributed by atoms with E-state index in [1.807, 2.05) is 0 Å². The number of para-hydroxylation sites is 2. The van der Waals surface area contributed by atoms with Gasteiger partial charge in [-0.3, -0.25) is 14.8 Å². The number of benzene rings is 2. The quantitative estimate of drug-likeness (QED) is 0.739. The van der Waals surface area contributed by atoms with Crippen molar-refractivity contribution in [2.24, 2.45) is 0 Å². The van der Waals surface area contributed by atoms with Crippen molar-refractivity contribution < 1.29 is 18.7 Å². The molecule has 0 aliphatic rings. The summed E-state index contributed by atoms with van der Waals surface area (Å²) in [5.74, 6) is -1.91. The van der Waals surface area contributed by atoms with Gasteiger partial charge < -0.3 is 10.1 Å². The summed E-state index contributed by atoms with van der Waals surface area (Å²) in [7, 11) is 0. The zero-order valence-corrected chi connectivity index (χ0v) is 13.3. The number of hydrogen-bond acceptors (Lipinski definition) is 5. The molecule has 1 amide bonds. The largest absolute Gasteiger partial charge is 0.449 e. The Labute approximate surface area is 142 Å². The summed E-state index contributed by atoms with van der Waals surface area (Å²) in [5, 5.41) is 2.38. The van der Waals surface area contributed by atoms with Gasteiger partial charge in [-0.05, 0) is 31.2 Å². The normalized spacial score (nSPS) is 11.8. The van der Waals surface area contributed by atoms with Crippen molar-refractivity contribution in [3.8, 4) is 0 Å². The van der Waals surface area contributed by atoms with Crippen LogP contribution in [0.15, 0.2) is 54.9 Å². The van der Waals surface area contributed by atoms with Crippen LogP contribution in [0.3, 0.4) is 0 Å². The average molecular weight is 339 g/mol. The number of hydrogen-bond donors (Lipinski definition) is 1. The number of rotatable bonds is 4. The Kier molecular flexibility index (Phi) is 4.65. The zero-order valence-electron chi connectivity index (χ0n) is 13.3. The van der Waals surface area contributed by atoms with Gasteiger partial charge in [-0.25, -0.2) is 9.18 Å². The van der Waals surface area contributed by atoms with E-state index in [2.05, 4.69) is 15.3 Å². The highest BCUT2D eigenvalue weighted by Gasteiger charge is 2.21. The highest BCUT2D eigenvalue weighted by atomic mass is 19.1. The first-order valence-electron chi connectivity index (χ1n) is 7.52. The second kappa shape index (κ2) is 7.04. The molecule has 1 heterocycles. The van der Waals surface area contributed by atoms with Gasteiger partial charge in [0.1, 0.15) is 11.3 Å². The lowest BCUT2D eigenvalue weighted by Crippen LogP contribution is -2.30. The van der Waals surface area contributed by atoms with Gasteiger partial charge in [0, 0.05) is 12.4 Å². The molecule has 0 saturated heterocycles. The fourth-order valence-corrected chi connectivity index (χ4v) is 2.23. The fourth-order valence-electron chi connectivity index (χ4n) is 2.23. The lowest BCUT2D eigenvalue weighted by atomic mass is 10.2. The molecule has 6 nitrogen and oxygen atoms in total. The Hall–Kier alpha value is -3.35. The third-order valence-corrected chi connectivity index (χ3v) is 3.50. The van der Waals surface area contributed by atoms with Crippen LogP contribution in [0.1, 0.15) is 17.3 Å². The number of anilines is 1. The molecule has 0 aliphatic carbocycles. The molecule has 1 atom stereocenters. The van der Waals surface area contributed by atoms with E-state index >= 15 is 0 Å². The van der Waals surface area contributed by atoms with Gasteiger partial charge in [0.25, 0.3) is 5.91 Å². The molecular formula is C18H14FN3O3. The molecule has 1 unspecified atom stereocenters. The van der Waals surface area contributed by atoms with Gasteiger partial charge >= 0.3 is 5.97 Å². The summed E-state index contributed by atoms with van der Waals surface area (Å²) in [6, 6.07) is 10.6. The highest BCUT2D eigenvalue weighted by Crippen LogP contribution is 2.17. The maximum atomic E-state index is 13.6. The van der Waals surface area contributed by atoms with Crippen LogP contribution in [0.4, 0.5) is 10.1 Å². The van der Waals surface area contributed by atoms with Gasteiger partial charge in [-0.2, -0.15) is 0 Å². The maximum Gasteiger partial charge on any atom is 0.341 e. The van der Waals surface area contributed by atoms with Crippen LogP contribution >= 0.6 is 0 Å². The van der Waals surface area contributed by atoms with E-state index in [0.717, 1.165) is 0 Å². The van der Waals surface area contributed by atoms with E-state index in [9.17, 15) is 14.0 Å². The first kappa shape index (κ1) is 16.5. The molecule has 0 bridgehead atoms. The molecule has 3 rings (SSSR count). The SMILES string of the molecule is CC(OC(=O)c1cccc2nccnc12)C(=O)Nc1ccccc1F. The van der Waals surface area contributed by atoms with Crippen LogP contribution in [0.25, 0.3) is 11.0 Å². The molecule has 3 aromatic rings. The number of halogens is 1. The maximum absolute atomic E-state index is 13.6. The van der Waals surface area contributed by atoms with Crippen molar-refractivity contribution in [2.75, 3.05) is 5.32 Å². The van der Waals surface area contributed by atoms with Gasteiger partial charge in [0.2, 0.25) is 0 Å². The Morgan fingerprint density at radius 1 is 1.08 bits per heavy atom. The predicted molar refractivity (Wildman–Crippen MR) is 89.4 cm³/mol. The Morgan fingerprint density at radius 2 is 1.84 bits per heavy atom. The monoisotopic (exact) mass is 339 g/mol. The Morgan fingerprint density at radius 3 is 2.64 bits per heavy atom. The average Bonchev–Trinajstić information content (AvgIpc) is 2.63. The van der Waals surface area contributed by atoms with Gasteiger partial charge in [0.05, 0.1) is 16.8 Å². The number of ether oxygens (including phenoxy) is 1. The van der Waals surface area contributed by atoms with E-state index in [4.69, 9.17) is 4.74 Å². The third-order valence-electron chi connectivity index (χ3n) is 3.50. The number of carbonyl (C=O) groups is 2. The number of nitrogens with zero attached hydrogens (tertiary/aromatic N) is 2. The lowest BCUT2D eigenvalue weighted by Gasteiger charge is -2.14. The number of carbonyl (C=O) groups excluding carboxylic acids is 2. The molecule has 25 heavy (non-hydrogen) atoms. The molecular weight excluding hydrogens is 325 g/mol. The van der Waals surface area contributed by atoms with Crippen LogP contribution in [-0.4, -0.2) is 27.9 Å². The lowest BCUT2D eigenvalue weighted by molar-refractivity contribution is -0.123. The molecule has 0 spiro atoms. The van der Waals surface area contributed by atoms with Crippen molar-refractivity contribution in [3.63, 3.8) is 0 Å². The summed E-state index contributed by atoms with van der Waals surface area (Å²) in [6.45, 7) is 1.41. The molecule has 1 N–H and O–H groups in total. The summed E-state index contributed by atoms with van der Waals surface area (Å²) < 4.78 is 18.8. The molecule has 126 valence electrons. The zero-order chi connectivity index (χ0) is 17.8. The van der Waals surface area contributed by atoms with Crippen molar-refractivity contribution >= 4 is 28.6 Å². The molecule has 0 saturated carbocycles. The standard InChI is InChI=1S/C18H14FN3O3/c1-11(17(23)22-14-7-3-2-6-13(14)19)25-18(24)12-5-4-8-15-16(12)21-10-9-20-15/h2-11H,1H3,(H,22,23). The van der Waals surface area contributed by atoms with Crippen LogP contribution in [0, 0.1) is 5.82 Å². The molecule has 0 fully saturated rings. The number of nitrogens with one attached hydrogen (secondary N) is 1. The summed E-state index contributed by atoms with van der Waals surface area (Å²) in [4.78, 5) is 32.7. The van der Waals surface area contributed by atoms with Crippen LogP contribution in [-0.2, 0) is 9.53 Å². The number of amides is 1. The van der Waals surface area contributed by atoms with Crippen molar-refractivity contribution in [1.29, 1.82) is 0 Å². The molecule has 7 heteroatoms.